The average Bonchev–Trinajstić information content (AvgIpc) is 2.22. The fraction of sp³-hybridized carbons (Fsp3) is 0.700. The van der Waals surface area contributed by atoms with E-state index in [-0.39, 0.29) is 23.3 Å². The van der Waals surface area contributed by atoms with E-state index in [9.17, 15) is 9.90 Å². The van der Waals surface area contributed by atoms with E-state index in [1.807, 2.05) is 12.3 Å². The lowest BCUT2D eigenvalue weighted by Crippen LogP contribution is -2.64. The molecule has 3 atom stereocenters. The Hall–Kier alpha value is -0.830. The number of β-lactam (4-membered cyclic amide) rings is 1. The Balaban J connectivity index is 2.25. The Morgan fingerprint density at radius 2 is 2.23 bits per heavy atom. The largest absolute Gasteiger partial charge is 0.393 e. The minimum atomic E-state index is -0.534. The van der Waals surface area contributed by atoms with E-state index < -0.39 is 6.10 Å². The average molecular weight is 181 g/mol. The molecule has 2 aliphatic heterocycles. The number of fused-ring (bicyclic) bond motifs is 1. The minimum Gasteiger partial charge on any atom is -0.393 e. The Labute approximate surface area is 78.0 Å². The van der Waals surface area contributed by atoms with Crippen molar-refractivity contribution in [3.63, 3.8) is 0 Å². The third-order valence-corrected chi connectivity index (χ3v) is 3.13. The van der Waals surface area contributed by atoms with Gasteiger partial charge in [-0.25, -0.2) is 0 Å². The number of amides is 1. The third kappa shape index (κ3) is 0.967. The number of aliphatic hydroxyl groups is 1. The fourth-order valence-corrected chi connectivity index (χ4v) is 2.36. The monoisotopic (exact) mass is 181 g/mol. The molecule has 1 N–H and O–H groups in total. The van der Waals surface area contributed by atoms with Crippen LogP contribution in [0, 0.1) is 11.3 Å². The molecule has 0 spiro atoms. The first-order valence-corrected chi connectivity index (χ1v) is 4.65. The van der Waals surface area contributed by atoms with E-state index in [0.717, 1.165) is 0 Å². The standard InChI is InChI=1S/C10H15NO2/c1-6(12)7-8-10(2,3)4-5-11(8)9(7)13/h4-8,12H,1-3H3/t6-,7?,8+/m1/s1. The highest BCUT2D eigenvalue weighted by atomic mass is 16.3. The van der Waals surface area contributed by atoms with Gasteiger partial charge in [-0.05, 0) is 6.92 Å². The molecule has 0 bridgehead atoms. The number of carbonyl (C=O) groups excluding carboxylic acids is 1. The van der Waals surface area contributed by atoms with Gasteiger partial charge in [0.2, 0.25) is 5.91 Å². The van der Waals surface area contributed by atoms with Gasteiger partial charge in [0.15, 0.2) is 0 Å². The van der Waals surface area contributed by atoms with Gasteiger partial charge in [0, 0.05) is 11.6 Å². The Bertz CT molecular complexity index is 281. The van der Waals surface area contributed by atoms with Crippen molar-refractivity contribution >= 4 is 5.91 Å². The lowest BCUT2D eigenvalue weighted by molar-refractivity contribution is -0.161. The Morgan fingerprint density at radius 1 is 1.62 bits per heavy atom. The number of aliphatic hydroxyl groups excluding tert-OH is 1. The van der Waals surface area contributed by atoms with Crippen molar-refractivity contribution in [2.75, 3.05) is 0 Å². The summed E-state index contributed by atoms with van der Waals surface area (Å²) in [5, 5.41) is 9.45. The summed E-state index contributed by atoms with van der Waals surface area (Å²) in [5.41, 5.74) is 0.00949. The maximum absolute atomic E-state index is 11.5. The predicted molar refractivity (Wildman–Crippen MR) is 48.7 cm³/mol. The summed E-state index contributed by atoms with van der Waals surface area (Å²) in [6.45, 7) is 5.88. The van der Waals surface area contributed by atoms with E-state index >= 15 is 0 Å². The number of nitrogens with zero attached hydrogens (tertiary/aromatic N) is 1. The van der Waals surface area contributed by atoms with Gasteiger partial charge in [0.05, 0.1) is 18.1 Å². The molecule has 72 valence electrons. The Kier molecular flexibility index (Phi) is 1.58. The van der Waals surface area contributed by atoms with E-state index in [1.165, 1.54) is 0 Å². The molecule has 0 aromatic rings. The fourth-order valence-electron chi connectivity index (χ4n) is 2.36. The van der Waals surface area contributed by atoms with Crippen LogP contribution in [0.25, 0.3) is 0 Å². The van der Waals surface area contributed by atoms with Crippen molar-refractivity contribution < 1.29 is 9.90 Å². The van der Waals surface area contributed by atoms with Crippen molar-refractivity contribution in [2.24, 2.45) is 11.3 Å². The Morgan fingerprint density at radius 3 is 2.77 bits per heavy atom. The van der Waals surface area contributed by atoms with Gasteiger partial charge in [-0.3, -0.25) is 4.79 Å². The molecule has 13 heavy (non-hydrogen) atoms. The molecule has 0 saturated carbocycles. The molecule has 1 saturated heterocycles. The van der Waals surface area contributed by atoms with E-state index in [2.05, 4.69) is 13.8 Å². The van der Waals surface area contributed by atoms with Crippen molar-refractivity contribution in [1.29, 1.82) is 0 Å². The van der Waals surface area contributed by atoms with Crippen molar-refractivity contribution in [1.82, 2.24) is 4.90 Å². The van der Waals surface area contributed by atoms with E-state index in [1.54, 1.807) is 11.8 Å². The van der Waals surface area contributed by atoms with Crippen molar-refractivity contribution in [2.45, 2.75) is 32.9 Å². The molecule has 0 aromatic heterocycles. The molecule has 0 aliphatic carbocycles. The SMILES string of the molecule is C[C@@H](O)C1C(=O)N2C=CC(C)(C)[C@H]12. The topological polar surface area (TPSA) is 40.5 Å². The number of hydrogen-bond acceptors (Lipinski definition) is 2. The number of rotatable bonds is 1. The normalized spacial score (nSPS) is 37.2. The van der Waals surface area contributed by atoms with Gasteiger partial charge in [0.1, 0.15) is 0 Å². The second-order valence-corrected chi connectivity index (χ2v) is 4.59. The summed E-state index contributed by atoms with van der Waals surface area (Å²) in [6, 6.07) is 0.167. The minimum absolute atomic E-state index is 0.00949. The zero-order chi connectivity index (χ0) is 9.80. The molecule has 2 rings (SSSR count). The molecule has 3 heteroatoms. The van der Waals surface area contributed by atoms with Gasteiger partial charge >= 0.3 is 0 Å². The summed E-state index contributed by atoms with van der Waals surface area (Å²) >= 11 is 0. The molecule has 0 aromatic carbocycles. The van der Waals surface area contributed by atoms with Crippen molar-refractivity contribution in [3.05, 3.63) is 12.3 Å². The van der Waals surface area contributed by atoms with Crippen LogP contribution < -0.4 is 0 Å². The maximum atomic E-state index is 11.5. The zero-order valence-electron chi connectivity index (χ0n) is 8.19. The van der Waals surface area contributed by atoms with E-state index in [4.69, 9.17) is 0 Å². The molecule has 1 unspecified atom stereocenters. The van der Waals surface area contributed by atoms with Crippen LogP contribution >= 0.6 is 0 Å². The first-order chi connectivity index (χ1) is 5.95. The van der Waals surface area contributed by atoms with Crippen molar-refractivity contribution in [3.8, 4) is 0 Å². The van der Waals surface area contributed by atoms with Gasteiger partial charge in [-0.15, -0.1) is 0 Å². The quantitative estimate of drug-likeness (QED) is 0.606. The van der Waals surface area contributed by atoms with Crippen LogP contribution in [-0.2, 0) is 4.79 Å². The van der Waals surface area contributed by atoms with Crippen LogP contribution in [0.3, 0.4) is 0 Å². The van der Waals surface area contributed by atoms with Crippen LogP contribution in [0.2, 0.25) is 0 Å². The lowest BCUT2D eigenvalue weighted by atomic mass is 9.71. The molecular weight excluding hydrogens is 166 g/mol. The molecule has 3 nitrogen and oxygen atoms in total. The third-order valence-electron chi connectivity index (χ3n) is 3.13. The van der Waals surface area contributed by atoms with Crippen LogP contribution in [0.15, 0.2) is 12.3 Å². The first kappa shape index (κ1) is 8.75. The zero-order valence-corrected chi connectivity index (χ0v) is 8.19. The summed E-state index contributed by atoms with van der Waals surface area (Å²) in [5.74, 6) is -0.146. The predicted octanol–water partition coefficient (Wildman–Crippen LogP) is 0.748. The number of carbonyl (C=O) groups is 1. The lowest BCUT2D eigenvalue weighted by Gasteiger charge is -2.48. The van der Waals surface area contributed by atoms with Crippen LogP contribution in [-0.4, -0.2) is 28.1 Å². The second kappa shape index (κ2) is 2.35. The second-order valence-electron chi connectivity index (χ2n) is 4.59. The molecule has 2 heterocycles. The molecule has 1 fully saturated rings. The number of hydrogen-bond donors (Lipinski definition) is 1. The molecule has 2 aliphatic rings. The van der Waals surface area contributed by atoms with Crippen LogP contribution in [0.4, 0.5) is 0 Å². The van der Waals surface area contributed by atoms with Gasteiger partial charge in [-0.1, -0.05) is 19.9 Å². The highest BCUT2D eigenvalue weighted by Crippen LogP contribution is 2.46. The van der Waals surface area contributed by atoms with Crippen LogP contribution in [0.5, 0.6) is 0 Å². The smallest absolute Gasteiger partial charge is 0.234 e. The van der Waals surface area contributed by atoms with Crippen LogP contribution in [0.1, 0.15) is 20.8 Å². The summed E-state index contributed by atoms with van der Waals surface area (Å²) in [6.07, 6.45) is 3.34. The first-order valence-electron chi connectivity index (χ1n) is 4.65. The summed E-state index contributed by atoms with van der Waals surface area (Å²) < 4.78 is 0. The molecule has 1 amide bonds. The van der Waals surface area contributed by atoms with Gasteiger partial charge in [0.25, 0.3) is 0 Å². The highest BCUT2D eigenvalue weighted by Gasteiger charge is 2.57. The summed E-state index contributed by atoms with van der Waals surface area (Å²) in [4.78, 5) is 13.2. The molecule has 0 radical (unpaired) electrons. The van der Waals surface area contributed by atoms with Gasteiger partial charge < -0.3 is 10.0 Å². The summed E-state index contributed by atoms with van der Waals surface area (Å²) in [7, 11) is 0. The maximum Gasteiger partial charge on any atom is 0.234 e. The molecular formula is C10H15NO2. The highest BCUT2D eigenvalue weighted by molar-refractivity contribution is 5.89. The van der Waals surface area contributed by atoms with Gasteiger partial charge in [-0.2, -0.15) is 0 Å². The van der Waals surface area contributed by atoms with E-state index in [0.29, 0.717) is 0 Å².